The van der Waals surface area contributed by atoms with Gasteiger partial charge in [-0.05, 0) is 25.5 Å². The van der Waals surface area contributed by atoms with Crippen LogP contribution < -0.4 is 5.32 Å². The van der Waals surface area contributed by atoms with Crippen LogP contribution in [0.15, 0.2) is 0 Å². The number of hydrogen-bond donors (Lipinski definition) is 1. The first-order valence-electron chi connectivity index (χ1n) is 4.75. The zero-order chi connectivity index (χ0) is 8.44. The molecule has 2 nitrogen and oxygen atoms in total. The molecule has 3 heteroatoms. The van der Waals surface area contributed by atoms with Gasteiger partial charge in [-0.25, -0.2) is 0 Å². The summed E-state index contributed by atoms with van der Waals surface area (Å²) in [7, 11) is 0. The van der Waals surface area contributed by atoms with Crippen LogP contribution in [0.5, 0.6) is 0 Å². The normalized spacial score (nSPS) is 34.2. The second-order valence-electron chi connectivity index (χ2n) is 4.01. The van der Waals surface area contributed by atoms with E-state index >= 15 is 0 Å². The standard InChI is InChI=1S/C9H17NOS/c1-9(6-10-7-9)11-8-3-2-4-12-5-8/h8,10H,2-7H2,1H3. The minimum atomic E-state index is 0.155. The maximum absolute atomic E-state index is 6.03. The summed E-state index contributed by atoms with van der Waals surface area (Å²) in [6.07, 6.45) is 3.12. The van der Waals surface area contributed by atoms with E-state index in [1.165, 1.54) is 24.3 Å². The molecular formula is C9H17NOS. The summed E-state index contributed by atoms with van der Waals surface area (Å²) >= 11 is 2.03. The van der Waals surface area contributed by atoms with Gasteiger partial charge in [-0.2, -0.15) is 11.8 Å². The lowest BCUT2D eigenvalue weighted by molar-refractivity contribution is -0.105. The number of ether oxygens (including phenoxy) is 1. The van der Waals surface area contributed by atoms with Gasteiger partial charge in [-0.3, -0.25) is 0 Å². The molecule has 0 spiro atoms. The Morgan fingerprint density at radius 1 is 1.50 bits per heavy atom. The van der Waals surface area contributed by atoms with Crippen LogP contribution in [0.1, 0.15) is 19.8 Å². The second-order valence-corrected chi connectivity index (χ2v) is 5.16. The van der Waals surface area contributed by atoms with E-state index in [0.29, 0.717) is 6.10 Å². The van der Waals surface area contributed by atoms with Crippen molar-refractivity contribution in [1.82, 2.24) is 5.32 Å². The first-order chi connectivity index (χ1) is 5.79. The lowest BCUT2D eigenvalue weighted by atomic mass is 9.99. The summed E-state index contributed by atoms with van der Waals surface area (Å²) in [5.74, 6) is 2.53. The summed E-state index contributed by atoms with van der Waals surface area (Å²) in [6.45, 7) is 4.28. The Labute approximate surface area is 78.4 Å². The molecule has 2 heterocycles. The van der Waals surface area contributed by atoms with E-state index in [1.807, 2.05) is 11.8 Å². The Balaban J connectivity index is 1.77. The van der Waals surface area contributed by atoms with Crippen LogP contribution in [0.4, 0.5) is 0 Å². The van der Waals surface area contributed by atoms with Gasteiger partial charge in [0.15, 0.2) is 0 Å². The van der Waals surface area contributed by atoms with Crippen LogP contribution in [0.3, 0.4) is 0 Å². The number of thioether (sulfide) groups is 1. The maximum Gasteiger partial charge on any atom is 0.0906 e. The van der Waals surface area contributed by atoms with E-state index in [2.05, 4.69) is 12.2 Å². The topological polar surface area (TPSA) is 21.3 Å². The van der Waals surface area contributed by atoms with Crippen molar-refractivity contribution in [2.24, 2.45) is 0 Å². The van der Waals surface area contributed by atoms with Gasteiger partial charge >= 0.3 is 0 Å². The quantitative estimate of drug-likeness (QED) is 0.703. The van der Waals surface area contributed by atoms with Crippen molar-refractivity contribution < 1.29 is 4.74 Å². The van der Waals surface area contributed by atoms with E-state index in [1.54, 1.807) is 0 Å². The highest BCUT2D eigenvalue weighted by Gasteiger charge is 2.35. The van der Waals surface area contributed by atoms with Gasteiger partial charge in [0.05, 0.1) is 11.7 Å². The lowest BCUT2D eigenvalue weighted by Crippen LogP contribution is -2.60. The van der Waals surface area contributed by atoms with Crippen molar-refractivity contribution >= 4 is 11.8 Å². The Bertz CT molecular complexity index is 153. The van der Waals surface area contributed by atoms with Gasteiger partial charge in [0.1, 0.15) is 0 Å². The van der Waals surface area contributed by atoms with E-state index in [4.69, 9.17) is 4.74 Å². The predicted molar refractivity (Wildman–Crippen MR) is 52.7 cm³/mol. The molecule has 0 saturated carbocycles. The Hall–Kier alpha value is 0.270. The molecule has 0 aromatic heterocycles. The Kier molecular flexibility index (Phi) is 2.63. The van der Waals surface area contributed by atoms with Gasteiger partial charge in [0, 0.05) is 18.8 Å². The molecule has 2 aliphatic heterocycles. The zero-order valence-corrected chi connectivity index (χ0v) is 8.45. The van der Waals surface area contributed by atoms with Crippen molar-refractivity contribution in [3.05, 3.63) is 0 Å². The zero-order valence-electron chi connectivity index (χ0n) is 7.64. The van der Waals surface area contributed by atoms with E-state index in [-0.39, 0.29) is 5.60 Å². The number of rotatable bonds is 2. The van der Waals surface area contributed by atoms with Gasteiger partial charge < -0.3 is 10.1 Å². The van der Waals surface area contributed by atoms with E-state index in [9.17, 15) is 0 Å². The van der Waals surface area contributed by atoms with Crippen LogP contribution in [0, 0.1) is 0 Å². The average molecular weight is 187 g/mol. The fourth-order valence-electron chi connectivity index (χ4n) is 1.77. The molecule has 0 aliphatic carbocycles. The van der Waals surface area contributed by atoms with E-state index in [0.717, 1.165) is 13.1 Å². The summed E-state index contributed by atoms with van der Waals surface area (Å²) in [5, 5.41) is 3.26. The van der Waals surface area contributed by atoms with Crippen molar-refractivity contribution in [3.63, 3.8) is 0 Å². The van der Waals surface area contributed by atoms with Crippen LogP contribution in [0.2, 0.25) is 0 Å². The van der Waals surface area contributed by atoms with E-state index < -0.39 is 0 Å². The van der Waals surface area contributed by atoms with Crippen molar-refractivity contribution in [2.75, 3.05) is 24.6 Å². The summed E-state index contributed by atoms with van der Waals surface area (Å²) in [5.41, 5.74) is 0.155. The van der Waals surface area contributed by atoms with Crippen LogP contribution in [-0.2, 0) is 4.74 Å². The summed E-state index contributed by atoms with van der Waals surface area (Å²) in [4.78, 5) is 0. The highest BCUT2D eigenvalue weighted by atomic mass is 32.2. The van der Waals surface area contributed by atoms with Crippen molar-refractivity contribution in [2.45, 2.75) is 31.5 Å². The van der Waals surface area contributed by atoms with Gasteiger partial charge in [-0.15, -0.1) is 0 Å². The molecular weight excluding hydrogens is 170 g/mol. The fraction of sp³-hybridized carbons (Fsp3) is 1.00. The largest absolute Gasteiger partial charge is 0.369 e. The summed E-state index contributed by atoms with van der Waals surface area (Å²) < 4.78 is 6.03. The molecule has 2 aliphatic rings. The van der Waals surface area contributed by atoms with Gasteiger partial charge in [0.2, 0.25) is 0 Å². The number of nitrogens with one attached hydrogen (secondary N) is 1. The Morgan fingerprint density at radius 2 is 2.33 bits per heavy atom. The SMILES string of the molecule is CC1(OC2CCCSC2)CNC1. The van der Waals surface area contributed by atoms with Crippen LogP contribution in [0.25, 0.3) is 0 Å². The minimum Gasteiger partial charge on any atom is -0.369 e. The number of hydrogen-bond acceptors (Lipinski definition) is 3. The molecule has 12 heavy (non-hydrogen) atoms. The molecule has 0 amide bonds. The molecule has 1 N–H and O–H groups in total. The predicted octanol–water partition coefficient (Wildman–Crippen LogP) is 1.26. The maximum atomic E-state index is 6.03. The third kappa shape index (κ3) is 1.95. The third-order valence-corrected chi connectivity index (χ3v) is 3.75. The van der Waals surface area contributed by atoms with Gasteiger partial charge in [0.25, 0.3) is 0 Å². The van der Waals surface area contributed by atoms with Crippen molar-refractivity contribution in [1.29, 1.82) is 0 Å². The molecule has 2 fully saturated rings. The van der Waals surface area contributed by atoms with Crippen LogP contribution in [-0.4, -0.2) is 36.3 Å². The minimum absolute atomic E-state index is 0.155. The monoisotopic (exact) mass is 187 g/mol. The smallest absolute Gasteiger partial charge is 0.0906 e. The molecule has 1 unspecified atom stereocenters. The molecule has 1 atom stereocenters. The Morgan fingerprint density at radius 3 is 2.83 bits per heavy atom. The molecule has 2 saturated heterocycles. The highest BCUT2D eigenvalue weighted by molar-refractivity contribution is 7.99. The average Bonchev–Trinajstić information content (AvgIpc) is 2.04. The van der Waals surface area contributed by atoms with Gasteiger partial charge in [-0.1, -0.05) is 0 Å². The molecule has 70 valence electrons. The lowest BCUT2D eigenvalue weighted by Gasteiger charge is -2.42. The molecule has 0 aromatic carbocycles. The molecule has 2 rings (SSSR count). The molecule has 0 radical (unpaired) electrons. The fourth-order valence-corrected chi connectivity index (χ4v) is 2.80. The first-order valence-corrected chi connectivity index (χ1v) is 5.90. The van der Waals surface area contributed by atoms with Crippen LogP contribution >= 0.6 is 11.8 Å². The molecule has 0 aromatic rings. The van der Waals surface area contributed by atoms with Crippen molar-refractivity contribution in [3.8, 4) is 0 Å². The molecule has 0 bridgehead atoms. The highest BCUT2D eigenvalue weighted by Crippen LogP contribution is 2.25. The summed E-state index contributed by atoms with van der Waals surface area (Å²) in [6, 6.07) is 0. The first kappa shape index (κ1) is 8.85. The third-order valence-electron chi connectivity index (χ3n) is 2.57. The second kappa shape index (κ2) is 3.56.